The minimum absolute atomic E-state index is 0.390. The standard InChI is InChI=1S/C16H22N4O4/c1-15(2,13(21)23-19-9-7-17-11-19)5-6-16(3,4)14(22)24-20-10-8-18-12-20/h7-12H,5-6H2,1-4H3. The zero-order chi connectivity index (χ0) is 17.8. The highest BCUT2D eigenvalue weighted by atomic mass is 16.7. The lowest BCUT2D eigenvalue weighted by atomic mass is 9.79. The van der Waals surface area contributed by atoms with E-state index in [-0.39, 0.29) is 11.9 Å². The summed E-state index contributed by atoms with van der Waals surface area (Å²) in [5.41, 5.74) is -1.51. The topological polar surface area (TPSA) is 88.2 Å². The lowest BCUT2D eigenvalue weighted by molar-refractivity contribution is -0.159. The Morgan fingerprint density at radius 1 is 0.833 bits per heavy atom. The number of hydrogen-bond donors (Lipinski definition) is 0. The summed E-state index contributed by atoms with van der Waals surface area (Å²) in [6, 6.07) is 0. The number of carbonyl (C=O) groups excluding carboxylic acids is 2. The Balaban J connectivity index is 1.91. The van der Waals surface area contributed by atoms with Gasteiger partial charge in [-0.15, -0.1) is 0 Å². The fraction of sp³-hybridized carbons (Fsp3) is 0.500. The largest absolute Gasteiger partial charge is 0.338 e. The van der Waals surface area contributed by atoms with Gasteiger partial charge >= 0.3 is 11.9 Å². The second-order valence-electron chi connectivity index (χ2n) is 6.87. The Morgan fingerprint density at radius 2 is 1.21 bits per heavy atom. The maximum Gasteiger partial charge on any atom is 0.338 e. The van der Waals surface area contributed by atoms with Crippen LogP contribution in [-0.2, 0) is 9.59 Å². The molecule has 0 unspecified atom stereocenters. The van der Waals surface area contributed by atoms with Crippen LogP contribution in [0.4, 0.5) is 0 Å². The zero-order valence-electron chi connectivity index (χ0n) is 14.3. The number of hydrogen-bond acceptors (Lipinski definition) is 6. The monoisotopic (exact) mass is 334 g/mol. The van der Waals surface area contributed by atoms with E-state index in [2.05, 4.69) is 9.97 Å². The second kappa shape index (κ2) is 6.86. The molecule has 0 spiro atoms. The Kier molecular flexibility index (Phi) is 5.06. The van der Waals surface area contributed by atoms with Crippen LogP contribution in [0.1, 0.15) is 40.5 Å². The molecule has 0 saturated carbocycles. The van der Waals surface area contributed by atoms with Crippen molar-refractivity contribution in [3.05, 3.63) is 37.4 Å². The quantitative estimate of drug-likeness (QED) is 0.763. The first-order valence-electron chi connectivity index (χ1n) is 7.62. The SMILES string of the molecule is CC(C)(CCC(C)(C)C(=O)On1ccnc1)C(=O)On1ccnc1. The summed E-state index contributed by atoms with van der Waals surface area (Å²) in [4.78, 5) is 42.6. The van der Waals surface area contributed by atoms with Crippen LogP contribution in [0.25, 0.3) is 0 Å². The van der Waals surface area contributed by atoms with E-state index in [1.807, 2.05) is 0 Å². The molecule has 0 aliphatic carbocycles. The van der Waals surface area contributed by atoms with Crippen molar-refractivity contribution in [2.24, 2.45) is 10.8 Å². The summed E-state index contributed by atoms with van der Waals surface area (Å²) >= 11 is 0. The van der Waals surface area contributed by atoms with Crippen LogP contribution < -0.4 is 9.68 Å². The van der Waals surface area contributed by atoms with E-state index in [0.29, 0.717) is 12.8 Å². The van der Waals surface area contributed by atoms with Crippen molar-refractivity contribution in [3.8, 4) is 0 Å². The Morgan fingerprint density at radius 3 is 1.50 bits per heavy atom. The molecular weight excluding hydrogens is 312 g/mol. The van der Waals surface area contributed by atoms with E-state index in [4.69, 9.17) is 9.68 Å². The molecule has 0 fully saturated rings. The normalized spacial score (nSPS) is 12.0. The van der Waals surface area contributed by atoms with Gasteiger partial charge in [0, 0.05) is 12.4 Å². The molecule has 0 bridgehead atoms. The van der Waals surface area contributed by atoms with Crippen molar-refractivity contribution >= 4 is 11.9 Å². The Hall–Kier alpha value is -2.64. The highest BCUT2D eigenvalue weighted by molar-refractivity contribution is 5.77. The predicted octanol–water partition coefficient (Wildman–Crippen LogP) is 1.52. The number of aromatic nitrogens is 4. The van der Waals surface area contributed by atoms with Gasteiger partial charge in [0.1, 0.15) is 12.7 Å². The van der Waals surface area contributed by atoms with Gasteiger partial charge in [-0.25, -0.2) is 19.6 Å². The van der Waals surface area contributed by atoms with E-state index >= 15 is 0 Å². The van der Waals surface area contributed by atoms with Gasteiger partial charge in [0.2, 0.25) is 0 Å². The smallest absolute Gasteiger partial charge is 0.335 e. The molecule has 0 atom stereocenters. The average Bonchev–Trinajstić information content (AvgIpc) is 3.19. The van der Waals surface area contributed by atoms with Gasteiger partial charge in [-0.05, 0) is 40.5 Å². The molecule has 0 saturated heterocycles. The van der Waals surface area contributed by atoms with E-state index in [9.17, 15) is 9.59 Å². The lowest BCUT2D eigenvalue weighted by Gasteiger charge is -2.27. The van der Waals surface area contributed by atoms with Crippen molar-refractivity contribution in [2.45, 2.75) is 40.5 Å². The van der Waals surface area contributed by atoms with Gasteiger partial charge < -0.3 is 9.68 Å². The molecular formula is C16H22N4O4. The second-order valence-corrected chi connectivity index (χ2v) is 6.87. The summed E-state index contributed by atoms with van der Waals surface area (Å²) in [6.45, 7) is 7.13. The number of carbonyl (C=O) groups is 2. The molecule has 0 amide bonds. The van der Waals surface area contributed by atoms with Crippen molar-refractivity contribution in [1.29, 1.82) is 0 Å². The third-order valence-electron chi connectivity index (χ3n) is 3.82. The van der Waals surface area contributed by atoms with Crippen LogP contribution in [0.5, 0.6) is 0 Å². The van der Waals surface area contributed by atoms with Crippen molar-refractivity contribution < 1.29 is 19.3 Å². The highest BCUT2D eigenvalue weighted by Crippen LogP contribution is 2.32. The van der Waals surface area contributed by atoms with E-state index in [1.54, 1.807) is 40.1 Å². The molecule has 0 aliphatic rings. The first-order chi connectivity index (χ1) is 11.2. The third-order valence-corrected chi connectivity index (χ3v) is 3.82. The lowest BCUT2D eigenvalue weighted by Crippen LogP contribution is -2.37. The molecule has 0 N–H and O–H groups in total. The van der Waals surface area contributed by atoms with Crippen LogP contribution in [0.3, 0.4) is 0 Å². The molecule has 2 aromatic heterocycles. The maximum absolute atomic E-state index is 12.3. The van der Waals surface area contributed by atoms with Crippen molar-refractivity contribution in [2.75, 3.05) is 0 Å². The molecule has 130 valence electrons. The third kappa shape index (κ3) is 4.43. The maximum atomic E-state index is 12.3. The summed E-state index contributed by atoms with van der Waals surface area (Å²) in [5, 5.41) is 0. The minimum Gasteiger partial charge on any atom is -0.335 e. The molecule has 8 nitrogen and oxygen atoms in total. The van der Waals surface area contributed by atoms with E-state index in [0.717, 1.165) is 0 Å². The van der Waals surface area contributed by atoms with Gasteiger partial charge in [-0.2, -0.15) is 9.46 Å². The number of nitrogens with zero attached hydrogens (tertiary/aromatic N) is 4. The Labute approximate surface area is 140 Å². The first kappa shape index (κ1) is 17.7. The fourth-order valence-electron chi connectivity index (χ4n) is 1.87. The molecule has 2 rings (SSSR count). The molecule has 0 aromatic carbocycles. The van der Waals surface area contributed by atoms with Crippen molar-refractivity contribution in [3.63, 3.8) is 0 Å². The zero-order valence-corrected chi connectivity index (χ0v) is 14.3. The van der Waals surface area contributed by atoms with Crippen LogP contribution in [0, 0.1) is 10.8 Å². The fourth-order valence-corrected chi connectivity index (χ4v) is 1.87. The van der Waals surface area contributed by atoms with Gasteiger partial charge in [0.05, 0.1) is 23.2 Å². The van der Waals surface area contributed by atoms with Crippen LogP contribution in [0.15, 0.2) is 37.4 Å². The summed E-state index contributed by atoms with van der Waals surface area (Å²) < 4.78 is 2.51. The van der Waals surface area contributed by atoms with Gasteiger partial charge in [0.25, 0.3) is 0 Å². The summed E-state index contributed by atoms with van der Waals surface area (Å²) in [7, 11) is 0. The van der Waals surface area contributed by atoms with Gasteiger partial charge in [-0.1, -0.05) is 0 Å². The molecule has 2 heterocycles. The van der Waals surface area contributed by atoms with E-state index < -0.39 is 10.8 Å². The summed E-state index contributed by atoms with van der Waals surface area (Å²) in [5.74, 6) is -0.779. The minimum atomic E-state index is -0.753. The van der Waals surface area contributed by atoms with Gasteiger partial charge in [-0.3, -0.25) is 0 Å². The Bertz CT molecular complexity index is 615. The first-order valence-corrected chi connectivity index (χ1v) is 7.62. The molecule has 0 radical (unpaired) electrons. The van der Waals surface area contributed by atoms with Crippen LogP contribution in [-0.4, -0.2) is 31.4 Å². The number of imidazole rings is 2. The molecule has 8 heteroatoms. The average molecular weight is 334 g/mol. The van der Waals surface area contributed by atoms with Crippen molar-refractivity contribution in [1.82, 2.24) is 19.4 Å². The molecule has 2 aromatic rings. The van der Waals surface area contributed by atoms with Crippen LogP contribution in [0.2, 0.25) is 0 Å². The van der Waals surface area contributed by atoms with Gasteiger partial charge in [0.15, 0.2) is 0 Å². The number of rotatable bonds is 7. The molecule has 24 heavy (non-hydrogen) atoms. The van der Waals surface area contributed by atoms with E-state index in [1.165, 1.54) is 34.5 Å². The predicted molar refractivity (Wildman–Crippen MR) is 84.4 cm³/mol. The van der Waals surface area contributed by atoms with Crippen LogP contribution >= 0.6 is 0 Å². The summed E-state index contributed by atoms with van der Waals surface area (Å²) in [6.07, 6.45) is 9.87. The molecule has 0 aliphatic heterocycles. The highest BCUT2D eigenvalue weighted by Gasteiger charge is 2.36.